The van der Waals surface area contributed by atoms with Crippen LogP contribution in [0.3, 0.4) is 0 Å². The number of sulfonamides is 1. The summed E-state index contributed by atoms with van der Waals surface area (Å²) in [5.41, 5.74) is -0.332. The van der Waals surface area contributed by atoms with Crippen molar-refractivity contribution in [3.05, 3.63) is 45.3 Å². The van der Waals surface area contributed by atoms with Gasteiger partial charge >= 0.3 is 0 Å². The summed E-state index contributed by atoms with van der Waals surface area (Å²) in [6.45, 7) is 1.69. The van der Waals surface area contributed by atoms with Gasteiger partial charge in [0.25, 0.3) is 5.89 Å². The number of hydrogen-bond donors (Lipinski definition) is 2. The number of hydrogen-bond acceptors (Lipinski definition) is 7. The fourth-order valence-corrected chi connectivity index (χ4v) is 6.23. The Kier molecular flexibility index (Phi) is 4.85. The van der Waals surface area contributed by atoms with Gasteiger partial charge in [-0.3, -0.25) is 5.41 Å². The SMILES string of the molecule is CN1C(=N)N[C@](C)(c2sc(-c3nnc(-c4ccc(Cl)cc4)o3)cc2Cl)CS1(=O)=O. The van der Waals surface area contributed by atoms with Crippen LogP contribution in [0.15, 0.2) is 34.7 Å². The van der Waals surface area contributed by atoms with Crippen LogP contribution in [0.2, 0.25) is 10.0 Å². The summed E-state index contributed by atoms with van der Waals surface area (Å²) in [5, 5.41) is 20.0. The number of nitrogens with zero attached hydrogens (tertiary/aromatic N) is 3. The third kappa shape index (κ3) is 3.61. The van der Waals surface area contributed by atoms with E-state index in [2.05, 4.69) is 15.5 Å². The molecule has 1 aromatic carbocycles. The van der Waals surface area contributed by atoms with Gasteiger partial charge in [-0.15, -0.1) is 21.5 Å². The van der Waals surface area contributed by atoms with Gasteiger partial charge in [0.05, 0.1) is 26.1 Å². The van der Waals surface area contributed by atoms with Gasteiger partial charge in [-0.2, -0.15) is 0 Å². The predicted molar refractivity (Wildman–Crippen MR) is 113 cm³/mol. The van der Waals surface area contributed by atoms with E-state index in [0.29, 0.717) is 25.7 Å². The Bertz CT molecular complexity index is 1210. The summed E-state index contributed by atoms with van der Waals surface area (Å²) in [7, 11) is -2.31. The molecule has 152 valence electrons. The molecule has 0 amide bonds. The molecule has 29 heavy (non-hydrogen) atoms. The Morgan fingerprint density at radius 2 is 1.90 bits per heavy atom. The molecule has 2 aromatic heterocycles. The van der Waals surface area contributed by atoms with Gasteiger partial charge in [0.2, 0.25) is 21.9 Å². The lowest BCUT2D eigenvalue weighted by atomic mass is 10.0. The van der Waals surface area contributed by atoms with Crippen molar-refractivity contribution in [2.45, 2.75) is 12.5 Å². The molecule has 0 bridgehead atoms. The number of rotatable bonds is 3. The van der Waals surface area contributed by atoms with Gasteiger partial charge in [-0.25, -0.2) is 12.7 Å². The smallest absolute Gasteiger partial charge is 0.258 e. The first kappa shape index (κ1) is 20.1. The normalized spacial score (nSPS) is 21.2. The van der Waals surface area contributed by atoms with Crippen molar-refractivity contribution in [3.63, 3.8) is 0 Å². The van der Waals surface area contributed by atoms with Gasteiger partial charge in [-0.1, -0.05) is 23.2 Å². The van der Waals surface area contributed by atoms with Crippen LogP contribution in [0.5, 0.6) is 0 Å². The van der Waals surface area contributed by atoms with E-state index < -0.39 is 15.6 Å². The van der Waals surface area contributed by atoms with Gasteiger partial charge < -0.3 is 9.73 Å². The Hall–Kier alpha value is -2.14. The van der Waals surface area contributed by atoms with Crippen LogP contribution in [-0.4, -0.2) is 41.7 Å². The maximum absolute atomic E-state index is 12.4. The molecule has 3 heterocycles. The fraction of sp³-hybridized carbons (Fsp3) is 0.235. The van der Waals surface area contributed by atoms with Crippen LogP contribution in [0.4, 0.5) is 0 Å². The molecule has 4 rings (SSSR count). The molecule has 8 nitrogen and oxygen atoms in total. The average Bonchev–Trinajstić information content (AvgIpc) is 3.27. The molecule has 1 fully saturated rings. The summed E-state index contributed by atoms with van der Waals surface area (Å²) in [4.78, 5) is 1.17. The largest absolute Gasteiger partial charge is 0.415 e. The van der Waals surface area contributed by atoms with Crippen molar-refractivity contribution < 1.29 is 12.8 Å². The van der Waals surface area contributed by atoms with Gasteiger partial charge in [0.15, 0.2) is 0 Å². The van der Waals surface area contributed by atoms with Crippen LogP contribution in [0.25, 0.3) is 22.2 Å². The number of guanidine groups is 1. The minimum absolute atomic E-state index is 0.215. The summed E-state index contributed by atoms with van der Waals surface area (Å²) in [6.07, 6.45) is 0. The Labute approximate surface area is 181 Å². The summed E-state index contributed by atoms with van der Waals surface area (Å²) < 4.78 is 31.5. The van der Waals surface area contributed by atoms with Gasteiger partial charge in [0.1, 0.15) is 0 Å². The number of aromatic nitrogens is 2. The first-order valence-corrected chi connectivity index (χ1v) is 11.5. The quantitative estimate of drug-likeness (QED) is 0.600. The van der Waals surface area contributed by atoms with Crippen LogP contribution in [-0.2, 0) is 15.6 Å². The molecule has 0 radical (unpaired) electrons. The summed E-state index contributed by atoms with van der Waals surface area (Å²) in [5.74, 6) is 0.143. The number of benzene rings is 1. The first-order valence-electron chi connectivity index (χ1n) is 8.32. The zero-order valence-electron chi connectivity index (χ0n) is 15.2. The van der Waals surface area contributed by atoms with E-state index in [9.17, 15) is 8.42 Å². The molecule has 0 unspecified atom stereocenters. The van der Waals surface area contributed by atoms with Crippen LogP contribution >= 0.6 is 34.5 Å². The summed E-state index contributed by atoms with van der Waals surface area (Å²) >= 11 is 13.6. The van der Waals surface area contributed by atoms with E-state index >= 15 is 0 Å². The molecule has 3 aromatic rings. The maximum atomic E-state index is 12.4. The van der Waals surface area contributed by atoms with Crippen molar-refractivity contribution >= 4 is 50.5 Å². The molecule has 0 aliphatic carbocycles. The lowest BCUT2D eigenvalue weighted by molar-refractivity contribution is 0.424. The standard InChI is InChI=1S/C17H15Cl2N5O3S2/c1-17(8-29(25,26)24(2)16(20)21-17)13-11(19)7-12(28-13)15-23-22-14(27-15)9-3-5-10(18)6-4-9/h3-7H,8H2,1-2H3,(H2,20,21)/t17-/m0/s1. The van der Waals surface area contributed by atoms with Crippen molar-refractivity contribution in [2.75, 3.05) is 12.8 Å². The Balaban J connectivity index is 1.69. The highest BCUT2D eigenvalue weighted by atomic mass is 35.5. The minimum atomic E-state index is -3.64. The van der Waals surface area contributed by atoms with Crippen LogP contribution in [0, 0.1) is 5.41 Å². The zero-order valence-corrected chi connectivity index (χ0v) is 18.4. The second-order valence-electron chi connectivity index (χ2n) is 6.74. The number of halogens is 2. The first-order chi connectivity index (χ1) is 13.6. The molecular formula is C17H15Cl2N5O3S2. The third-order valence-electron chi connectivity index (χ3n) is 4.51. The topological polar surface area (TPSA) is 112 Å². The van der Waals surface area contributed by atoms with Crippen molar-refractivity contribution in [3.8, 4) is 22.2 Å². The van der Waals surface area contributed by atoms with Crippen LogP contribution < -0.4 is 5.32 Å². The lowest BCUT2D eigenvalue weighted by Gasteiger charge is -2.39. The average molecular weight is 472 g/mol. The van der Waals surface area contributed by atoms with E-state index in [0.717, 1.165) is 9.87 Å². The van der Waals surface area contributed by atoms with E-state index in [-0.39, 0.29) is 17.6 Å². The predicted octanol–water partition coefficient (Wildman–Crippen LogP) is 3.79. The van der Waals surface area contributed by atoms with Crippen molar-refractivity contribution in [1.29, 1.82) is 5.41 Å². The molecule has 1 aliphatic heterocycles. The molecule has 12 heteroatoms. The summed E-state index contributed by atoms with van der Waals surface area (Å²) in [6, 6.07) is 8.65. The molecule has 1 aliphatic rings. The van der Waals surface area contributed by atoms with Gasteiger partial charge in [0, 0.05) is 17.6 Å². The van der Waals surface area contributed by atoms with Crippen molar-refractivity contribution in [2.24, 2.45) is 0 Å². The monoisotopic (exact) mass is 471 g/mol. The molecule has 0 saturated carbocycles. The molecule has 1 atom stereocenters. The number of thiophene rings is 1. The highest BCUT2D eigenvalue weighted by Crippen LogP contribution is 2.42. The molecule has 1 saturated heterocycles. The van der Waals surface area contributed by atoms with E-state index in [4.69, 9.17) is 33.0 Å². The Morgan fingerprint density at radius 3 is 2.55 bits per heavy atom. The van der Waals surface area contributed by atoms with Crippen molar-refractivity contribution in [1.82, 2.24) is 19.8 Å². The molecule has 0 spiro atoms. The third-order valence-corrected chi connectivity index (χ3v) is 8.52. The van der Waals surface area contributed by atoms with E-state index in [1.54, 1.807) is 37.3 Å². The lowest BCUT2D eigenvalue weighted by Crippen LogP contribution is -2.60. The highest BCUT2D eigenvalue weighted by Gasteiger charge is 2.44. The second-order valence-corrected chi connectivity index (χ2v) is 10.6. The van der Waals surface area contributed by atoms with Gasteiger partial charge in [-0.05, 0) is 37.3 Å². The maximum Gasteiger partial charge on any atom is 0.258 e. The molecular weight excluding hydrogens is 457 g/mol. The Morgan fingerprint density at radius 1 is 1.24 bits per heavy atom. The van der Waals surface area contributed by atoms with E-state index in [1.807, 2.05) is 0 Å². The van der Waals surface area contributed by atoms with Crippen LogP contribution in [0.1, 0.15) is 11.8 Å². The second kappa shape index (κ2) is 6.98. The zero-order chi connectivity index (χ0) is 21.0. The highest BCUT2D eigenvalue weighted by molar-refractivity contribution is 7.89. The van der Waals surface area contributed by atoms with E-state index in [1.165, 1.54) is 18.4 Å². The minimum Gasteiger partial charge on any atom is -0.415 e. The number of nitrogens with one attached hydrogen (secondary N) is 2. The fourth-order valence-electron chi connectivity index (χ4n) is 2.98. The molecule has 2 N–H and O–H groups in total.